The molecule has 0 saturated heterocycles. The zero-order valence-electron chi connectivity index (χ0n) is 11.2. The SMILES string of the molecule is Clc1cc(N(Cc2c[c]ccc2)Cc2ccco2)ncn1. The van der Waals surface area contributed by atoms with Gasteiger partial charge in [-0.1, -0.05) is 29.8 Å². The van der Waals surface area contributed by atoms with Crippen LogP contribution in [0.1, 0.15) is 11.3 Å². The van der Waals surface area contributed by atoms with E-state index >= 15 is 0 Å². The topological polar surface area (TPSA) is 42.2 Å². The average molecular weight is 299 g/mol. The first-order valence-electron chi connectivity index (χ1n) is 6.51. The van der Waals surface area contributed by atoms with Crippen molar-refractivity contribution in [2.24, 2.45) is 0 Å². The molecule has 0 amide bonds. The lowest BCUT2D eigenvalue weighted by molar-refractivity contribution is 0.500. The number of halogens is 1. The van der Waals surface area contributed by atoms with Crippen molar-refractivity contribution in [3.63, 3.8) is 0 Å². The van der Waals surface area contributed by atoms with Gasteiger partial charge in [0.25, 0.3) is 0 Å². The van der Waals surface area contributed by atoms with Crippen molar-refractivity contribution in [2.75, 3.05) is 4.90 Å². The molecule has 3 aromatic rings. The van der Waals surface area contributed by atoms with E-state index < -0.39 is 0 Å². The maximum absolute atomic E-state index is 5.97. The molecule has 0 aliphatic rings. The molecule has 5 heteroatoms. The Balaban J connectivity index is 1.87. The molecule has 2 aromatic heterocycles. The smallest absolute Gasteiger partial charge is 0.134 e. The molecule has 0 saturated carbocycles. The number of aromatic nitrogens is 2. The zero-order chi connectivity index (χ0) is 14.5. The molecule has 0 N–H and O–H groups in total. The fourth-order valence-corrected chi connectivity index (χ4v) is 2.20. The summed E-state index contributed by atoms with van der Waals surface area (Å²) in [6, 6.07) is 16.5. The quantitative estimate of drug-likeness (QED) is 0.673. The molecule has 4 nitrogen and oxygen atoms in total. The Kier molecular flexibility index (Phi) is 4.17. The van der Waals surface area contributed by atoms with Crippen molar-refractivity contribution in [3.05, 3.63) is 77.6 Å². The van der Waals surface area contributed by atoms with Crippen molar-refractivity contribution < 1.29 is 4.42 Å². The van der Waals surface area contributed by atoms with Gasteiger partial charge < -0.3 is 9.32 Å². The van der Waals surface area contributed by atoms with E-state index in [1.54, 1.807) is 12.3 Å². The van der Waals surface area contributed by atoms with Crippen molar-refractivity contribution in [1.82, 2.24) is 9.97 Å². The summed E-state index contributed by atoms with van der Waals surface area (Å²) in [7, 11) is 0. The van der Waals surface area contributed by atoms with Crippen LogP contribution in [0, 0.1) is 6.07 Å². The van der Waals surface area contributed by atoms with Crippen molar-refractivity contribution in [3.8, 4) is 0 Å². The summed E-state index contributed by atoms with van der Waals surface area (Å²) in [5.74, 6) is 1.62. The van der Waals surface area contributed by atoms with Crippen LogP contribution in [-0.4, -0.2) is 9.97 Å². The van der Waals surface area contributed by atoms with E-state index in [1.807, 2.05) is 30.3 Å². The van der Waals surface area contributed by atoms with Gasteiger partial charge in [0.2, 0.25) is 0 Å². The lowest BCUT2D eigenvalue weighted by atomic mass is 10.2. The first kappa shape index (κ1) is 13.6. The van der Waals surface area contributed by atoms with E-state index in [1.165, 1.54) is 6.33 Å². The molecular formula is C16H13ClN3O. The fraction of sp³-hybridized carbons (Fsp3) is 0.125. The molecule has 0 unspecified atom stereocenters. The van der Waals surface area contributed by atoms with Crippen LogP contribution in [0.5, 0.6) is 0 Å². The summed E-state index contributed by atoms with van der Waals surface area (Å²) in [6.07, 6.45) is 3.13. The van der Waals surface area contributed by atoms with Crippen LogP contribution >= 0.6 is 11.6 Å². The second-order valence-electron chi connectivity index (χ2n) is 4.55. The van der Waals surface area contributed by atoms with Crippen LogP contribution < -0.4 is 4.90 Å². The molecule has 0 aliphatic heterocycles. The molecule has 0 aliphatic carbocycles. The Bertz CT molecular complexity index is 686. The standard InChI is InChI=1S/C16H13ClN3O/c17-15-9-16(19-12-18-15)20(11-14-7-4-8-21-14)10-13-5-2-1-3-6-13/h1-2,4-9,12H,10-11H2. The Morgan fingerprint density at radius 1 is 1.19 bits per heavy atom. The average Bonchev–Trinajstić information content (AvgIpc) is 3.01. The van der Waals surface area contributed by atoms with Crippen LogP contribution in [0.15, 0.2) is 59.5 Å². The molecule has 0 bridgehead atoms. The monoisotopic (exact) mass is 298 g/mol. The van der Waals surface area contributed by atoms with E-state index in [0.29, 0.717) is 18.2 Å². The third kappa shape index (κ3) is 3.61. The lowest BCUT2D eigenvalue weighted by Crippen LogP contribution is -2.23. The summed E-state index contributed by atoms with van der Waals surface area (Å²) >= 11 is 5.97. The highest BCUT2D eigenvalue weighted by Crippen LogP contribution is 2.20. The third-order valence-electron chi connectivity index (χ3n) is 3.01. The highest BCUT2D eigenvalue weighted by Gasteiger charge is 2.12. The molecule has 21 heavy (non-hydrogen) atoms. The maximum Gasteiger partial charge on any atom is 0.134 e. The predicted octanol–water partition coefficient (Wildman–Crippen LogP) is 3.73. The molecule has 1 radical (unpaired) electrons. The van der Waals surface area contributed by atoms with Gasteiger partial charge in [0.05, 0.1) is 12.8 Å². The number of benzene rings is 1. The summed E-state index contributed by atoms with van der Waals surface area (Å²) in [5, 5.41) is 0.420. The van der Waals surface area contributed by atoms with Crippen molar-refractivity contribution in [2.45, 2.75) is 13.1 Å². The number of hydrogen-bond donors (Lipinski definition) is 0. The van der Waals surface area contributed by atoms with E-state index in [2.05, 4.69) is 27.0 Å². The summed E-state index contributed by atoms with van der Waals surface area (Å²) in [4.78, 5) is 10.3. The molecule has 2 heterocycles. The van der Waals surface area contributed by atoms with Gasteiger partial charge in [-0.15, -0.1) is 0 Å². The van der Waals surface area contributed by atoms with E-state index in [4.69, 9.17) is 16.0 Å². The van der Waals surface area contributed by atoms with E-state index in [-0.39, 0.29) is 0 Å². The first-order valence-corrected chi connectivity index (χ1v) is 6.89. The summed E-state index contributed by atoms with van der Waals surface area (Å²) < 4.78 is 5.43. The highest BCUT2D eigenvalue weighted by atomic mass is 35.5. The summed E-state index contributed by atoms with van der Waals surface area (Å²) in [5.41, 5.74) is 1.14. The molecule has 0 spiro atoms. The van der Waals surface area contributed by atoms with Crippen LogP contribution in [0.2, 0.25) is 5.15 Å². The minimum atomic E-state index is 0.420. The Morgan fingerprint density at radius 3 is 2.86 bits per heavy atom. The largest absolute Gasteiger partial charge is 0.467 e. The van der Waals surface area contributed by atoms with Crippen molar-refractivity contribution >= 4 is 17.4 Å². The van der Waals surface area contributed by atoms with Gasteiger partial charge in [0.15, 0.2) is 0 Å². The predicted molar refractivity (Wildman–Crippen MR) is 80.9 cm³/mol. The first-order chi connectivity index (χ1) is 10.3. The molecule has 0 atom stereocenters. The number of furan rings is 1. The number of rotatable bonds is 5. The Morgan fingerprint density at radius 2 is 2.14 bits per heavy atom. The fourth-order valence-electron chi connectivity index (χ4n) is 2.05. The molecule has 3 rings (SSSR count). The normalized spacial score (nSPS) is 10.5. The zero-order valence-corrected chi connectivity index (χ0v) is 12.0. The van der Waals surface area contributed by atoms with Gasteiger partial charge in [-0.3, -0.25) is 0 Å². The van der Waals surface area contributed by atoms with Crippen LogP contribution in [0.25, 0.3) is 0 Å². The van der Waals surface area contributed by atoms with E-state index in [0.717, 1.165) is 17.1 Å². The van der Waals surface area contributed by atoms with Crippen LogP contribution in [-0.2, 0) is 13.1 Å². The van der Waals surface area contributed by atoms with Gasteiger partial charge in [-0.2, -0.15) is 0 Å². The lowest BCUT2D eigenvalue weighted by Gasteiger charge is -2.22. The second kappa shape index (κ2) is 6.41. The number of nitrogens with zero attached hydrogens (tertiary/aromatic N) is 3. The molecule has 105 valence electrons. The highest BCUT2D eigenvalue weighted by molar-refractivity contribution is 6.29. The summed E-state index contributed by atoms with van der Waals surface area (Å²) in [6.45, 7) is 1.29. The van der Waals surface area contributed by atoms with Crippen molar-refractivity contribution in [1.29, 1.82) is 0 Å². The minimum absolute atomic E-state index is 0.420. The van der Waals surface area contributed by atoms with Crippen LogP contribution in [0.3, 0.4) is 0 Å². The number of hydrogen-bond acceptors (Lipinski definition) is 4. The van der Waals surface area contributed by atoms with Gasteiger partial charge in [0.1, 0.15) is 23.1 Å². The van der Waals surface area contributed by atoms with Gasteiger partial charge in [-0.05, 0) is 29.8 Å². The minimum Gasteiger partial charge on any atom is -0.467 e. The maximum atomic E-state index is 5.97. The molecule has 0 fully saturated rings. The number of anilines is 1. The second-order valence-corrected chi connectivity index (χ2v) is 4.93. The van der Waals surface area contributed by atoms with Gasteiger partial charge in [0, 0.05) is 12.6 Å². The third-order valence-corrected chi connectivity index (χ3v) is 3.22. The molecular weight excluding hydrogens is 286 g/mol. The molecule has 1 aromatic carbocycles. The van der Waals surface area contributed by atoms with Gasteiger partial charge in [-0.25, -0.2) is 9.97 Å². The Labute approximate surface area is 128 Å². The van der Waals surface area contributed by atoms with Gasteiger partial charge >= 0.3 is 0 Å². The van der Waals surface area contributed by atoms with E-state index in [9.17, 15) is 0 Å². The Hall–Kier alpha value is -2.33. The van der Waals surface area contributed by atoms with Crippen LogP contribution in [0.4, 0.5) is 5.82 Å².